The SMILES string of the molecule is CN[C@@H](CCCCNC(=O)CN1CCN(CC(=O)O)CCN(CC(=O)O)CCN(CC(=O)O)CC1)C(=O)O. The van der Waals surface area contributed by atoms with E-state index in [1.54, 1.807) is 21.7 Å². The van der Waals surface area contributed by atoms with Crippen LogP contribution in [0.3, 0.4) is 0 Å². The minimum absolute atomic E-state index is 0.0429. The summed E-state index contributed by atoms with van der Waals surface area (Å²) in [5.74, 6) is -4.20. The van der Waals surface area contributed by atoms with Crippen molar-refractivity contribution in [3.63, 3.8) is 0 Å². The minimum Gasteiger partial charge on any atom is -0.480 e. The number of nitrogens with one attached hydrogen (secondary N) is 2. The molecule has 15 heteroatoms. The van der Waals surface area contributed by atoms with Gasteiger partial charge in [0.1, 0.15) is 6.04 Å². The lowest BCUT2D eigenvalue weighted by molar-refractivity contribution is -0.140. The smallest absolute Gasteiger partial charge is 0.320 e. The number of rotatable bonds is 15. The number of unbranched alkanes of at least 4 members (excludes halogenated alkanes) is 1. The van der Waals surface area contributed by atoms with Gasteiger partial charge in [0, 0.05) is 58.9 Å². The lowest BCUT2D eigenvalue weighted by Gasteiger charge is -2.32. The van der Waals surface area contributed by atoms with Gasteiger partial charge in [0.25, 0.3) is 0 Å². The van der Waals surface area contributed by atoms with Crippen molar-refractivity contribution in [1.29, 1.82) is 0 Å². The van der Waals surface area contributed by atoms with E-state index in [9.17, 15) is 39.3 Å². The van der Waals surface area contributed by atoms with Crippen LogP contribution in [0.4, 0.5) is 0 Å². The van der Waals surface area contributed by atoms with Crippen molar-refractivity contribution >= 4 is 29.8 Å². The van der Waals surface area contributed by atoms with Crippen LogP contribution in [0.5, 0.6) is 0 Å². The molecule has 0 aliphatic carbocycles. The summed E-state index contributed by atoms with van der Waals surface area (Å²) in [7, 11) is 1.58. The Labute approximate surface area is 222 Å². The normalized spacial score (nSPS) is 18.1. The first kappa shape index (κ1) is 33.2. The first-order valence-electron chi connectivity index (χ1n) is 12.7. The number of carbonyl (C=O) groups is 5. The highest BCUT2D eigenvalue weighted by Crippen LogP contribution is 2.03. The second kappa shape index (κ2) is 18.4. The van der Waals surface area contributed by atoms with Crippen LogP contribution in [0.15, 0.2) is 0 Å². The molecule has 1 rings (SSSR count). The Kier molecular flexibility index (Phi) is 16.1. The monoisotopic (exact) mass is 546 g/mol. The summed E-state index contributed by atoms with van der Waals surface area (Å²) >= 11 is 0. The van der Waals surface area contributed by atoms with E-state index in [-0.39, 0.29) is 32.1 Å². The van der Waals surface area contributed by atoms with Gasteiger partial charge in [-0.1, -0.05) is 0 Å². The molecule has 1 aliphatic rings. The van der Waals surface area contributed by atoms with Gasteiger partial charge in [0.05, 0.1) is 26.2 Å². The van der Waals surface area contributed by atoms with E-state index in [1.165, 1.54) is 0 Å². The molecule has 218 valence electrons. The maximum atomic E-state index is 12.6. The van der Waals surface area contributed by atoms with Gasteiger partial charge in [-0.2, -0.15) is 0 Å². The maximum Gasteiger partial charge on any atom is 0.320 e. The molecule has 0 aromatic rings. The average Bonchev–Trinajstić information content (AvgIpc) is 2.81. The summed E-state index contributed by atoms with van der Waals surface area (Å²) in [4.78, 5) is 64.5. The van der Waals surface area contributed by atoms with Gasteiger partial charge < -0.3 is 31.1 Å². The van der Waals surface area contributed by atoms with Crippen LogP contribution >= 0.6 is 0 Å². The summed E-state index contributed by atoms with van der Waals surface area (Å²) in [6, 6.07) is -0.633. The van der Waals surface area contributed by atoms with Gasteiger partial charge in [0.15, 0.2) is 0 Å². The zero-order valence-corrected chi connectivity index (χ0v) is 22.0. The lowest BCUT2D eigenvalue weighted by Crippen LogP contribution is -2.49. The third-order valence-corrected chi connectivity index (χ3v) is 6.26. The summed E-state index contributed by atoms with van der Waals surface area (Å²) in [6.07, 6.45) is 1.67. The predicted molar refractivity (Wildman–Crippen MR) is 136 cm³/mol. The first-order valence-corrected chi connectivity index (χ1v) is 12.7. The molecular formula is C23H42N6O9. The van der Waals surface area contributed by atoms with Crippen molar-refractivity contribution in [2.24, 2.45) is 0 Å². The molecule has 1 saturated heterocycles. The number of aliphatic carboxylic acids is 4. The van der Waals surface area contributed by atoms with Crippen molar-refractivity contribution in [3.05, 3.63) is 0 Å². The van der Waals surface area contributed by atoms with E-state index in [0.29, 0.717) is 78.2 Å². The van der Waals surface area contributed by atoms with E-state index in [4.69, 9.17) is 5.11 Å². The van der Waals surface area contributed by atoms with Gasteiger partial charge in [-0.05, 0) is 26.3 Å². The van der Waals surface area contributed by atoms with Crippen LogP contribution in [0, 0.1) is 0 Å². The molecule has 0 bridgehead atoms. The quantitative estimate of drug-likeness (QED) is 0.117. The van der Waals surface area contributed by atoms with Gasteiger partial charge >= 0.3 is 23.9 Å². The fourth-order valence-corrected chi connectivity index (χ4v) is 4.14. The van der Waals surface area contributed by atoms with Gasteiger partial charge in [-0.15, -0.1) is 0 Å². The van der Waals surface area contributed by atoms with Crippen LogP contribution in [-0.4, -0.2) is 168 Å². The fourth-order valence-electron chi connectivity index (χ4n) is 4.14. The van der Waals surface area contributed by atoms with E-state index in [2.05, 4.69) is 10.6 Å². The highest BCUT2D eigenvalue weighted by atomic mass is 16.4. The van der Waals surface area contributed by atoms with Crippen molar-refractivity contribution in [2.45, 2.75) is 25.3 Å². The van der Waals surface area contributed by atoms with Crippen LogP contribution in [-0.2, 0) is 24.0 Å². The zero-order valence-electron chi connectivity index (χ0n) is 22.0. The third kappa shape index (κ3) is 15.4. The van der Waals surface area contributed by atoms with Crippen LogP contribution in [0.25, 0.3) is 0 Å². The second-order valence-corrected chi connectivity index (χ2v) is 9.31. The van der Waals surface area contributed by atoms with Gasteiger partial charge in [-0.3, -0.25) is 43.6 Å². The Morgan fingerprint density at radius 3 is 1.32 bits per heavy atom. The molecular weight excluding hydrogens is 504 g/mol. The Morgan fingerprint density at radius 1 is 0.632 bits per heavy atom. The molecule has 1 amide bonds. The predicted octanol–water partition coefficient (Wildman–Crippen LogP) is -2.58. The Bertz CT molecular complexity index is 752. The maximum absolute atomic E-state index is 12.6. The molecule has 0 radical (unpaired) electrons. The summed E-state index contributed by atoms with van der Waals surface area (Å²) in [5.41, 5.74) is 0. The van der Waals surface area contributed by atoms with E-state index < -0.39 is 29.9 Å². The number of carbonyl (C=O) groups excluding carboxylic acids is 1. The van der Waals surface area contributed by atoms with Gasteiger partial charge in [0.2, 0.25) is 5.91 Å². The molecule has 1 atom stereocenters. The van der Waals surface area contributed by atoms with Crippen molar-refractivity contribution < 1.29 is 44.4 Å². The van der Waals surface area contributed by atoms with Crippen molar-refractivity contribution in [1.82, 2.24) is 30.2 Å². The highest BCUT2D eigenvalue weighted by Gasteiger charge is 2.21. The van der Waals surface area contributed by atoms with Crippen molar-refractivity contribution in [3.8, 4) is 0 Å². The minimum atomic E-state index is -1.02. The highest BCUT2D eigenvalue weighted by molar-refractivity contribution is 5.78. The van der Waals surface area contributed by atoms with Crippen LogP contribution in [0.2, 0.25) is 0 Å². The number of likely N-dealkylation sites (N-methyl/N-ethyl adjacent to an activating group) is 1. The average molecular weight is 547 g/mol. The molecule has 0 aromatic carbocycles. The number of nitrogens with zero attached hydrogens (tertiary/aromatic N) is 4. The molecule has 6 N–H and O–H groups in total. The summed E-state index contributed by atoms with van der Waals surface area (Å²) < 4.78 is 0. The number of carboxylic acids is 4. The van der Waals surface area contributed by atoms with E-state index in [1.807, 2.05) is 4.90 Å². The number of hydrogen-bond acceptors (Lipinski definition) is 10. The molecule has 1 heterocycles. The van der Waals surface area contributed by atoms with Crippen LogP contribution in [0.1, 0.15) is 19.3 Å². The van der Waals surface area contributed by atoms with Gasteiger partial charge in [-0.25, -0.2) is 0 Å². The van der Waals surface area contributed by atoms with Crippen LogP contribution < -0.4 is 10.6 Å². The van der Waals surface area contributed by atoms with E-state index >= 15 is 0 Å². The molecule has 1 fully saturated rings. The Hall–Kier alpha value is -2.85. The topological polar surface area (TPSA) is 203 Å². The molecule has 0 aromatic heterocycles. The largest absolute Gasteiger partial charge is 0.480 e. The van der Waals surface area contributed by atoms with Crippen molar-refractivity contribution in [2.75, 3.05) is 92.1 Å². The van der Waals surface area contributed by atoms with E-state index in [0.717, 1.165) is 0 Å². The second-order valence-electron chi connectivity index (χ2n) is 9.31. The number of hydrogen-bond donors (Lipinski definition) is 6. The molecule has 0 saturated carbocycles. The molecule has 0 unspecified atom stereocenters. The number of amides is 1. The Morgan fingerprint density at radius 2 is 1.00 bits per heavy atom. The third-order valence-electron chi connectivity index (χ3n) is 6.26. The standard InChI is InChI=1S/C23H42N6O9/c1-24-18(23(37)38)4-2-3-5-25-19(30)14-26-6-8-27(15-20(31)32)10-12-29(17-22(35)36)13-11-28(9-7-26)16-21(33)34/h18,24H,2-17H2,1H3,(H,25,30)(H,31,32)(H,33,34)(H,35,36)(H,37,38)/t18-/m0/s1. The number of carboxylic acid groups (broad SMARTS) is 4. The Balaban J connectivity index is 2.76. The zero-order chi connectivity index (χ0) is 28.5. The molecule has 38 heavy (non-hydrogen) atoms. The summed E-state index contributed by atoms with van der Waals surface area (Å²) in [5, 5.41) is 42.4. The first-order chi connectivity index (χ1) is 18.0. The molecule has 0 spiro atoms. The fraction of sp³-hybridized carbons (Fsp3) is 0.783. The molecule has 15 nitrogen and oxygen atoms in total. The molecule has 1 aliphatic heterocycles. The lowest BCUT2D eigenvalue weighted by atomic mass is 10.1. The summed E-state index contributed by atoms with van der Waals surface area (Å²) in [6.45, 7) is 2.36.